The lowest BCUT2D eigenvalue weighted by Crippen LogP contribution is -2.01. The molecule has 0 aliphatic rings. The quantitative estimate of drug-likeness (QED) is 0.522. The second-order valence-corrected chi connectivity index (χ2v) is 2.62. The first-order valence-corrected chi connectivity index (χ1v) is 4.33. The Labute approximate surface area is 82.9 Å². The van der Waals surface area contributed by atoms with E-state index in [1.165, 1.54) is 12.3 Å². The summed E-state index contributed by atoms with van der Waals surface area (Å²) in [4.78, 5) is 7.74. The van der Waals surface area contributed by atoms with Gasteiger partial charge in [-0.1, -0.05) is 6.08 Å². The van der Waals surface area contributed by atoms with Crippen LogP contribution in [0.15, 0.2) is 24.9 Å². The highest BCUT2D eigenvalue weighted by Crippen LogP contribution is 2.02. The van der Waals surface area contributed by atoms with Crippen molar-refractivity contribution in [2.75, 3.05) is 6.61 Å². The first-order chi connectivity index (χ1) is 6.86. The number of unbranched alkanes of at least 4 members (excludes halogenated alkanes) is 1. The number of ether oxygens (including phenoxy) is 1. The molecule has 1 aromatic rings. The molecule has 0 aromatic carbocycles. The Morgan fingerprint density at radius 1 is 1.64 bits per heavy atom. The van der Waals surface area contributed by atoms with Crippen LogP contribution in [0, 0.1) is 11.3 Å². The van der Waals surface area contributed by atoms with Crippen molar-refractivity contribution >= 4 is 0 Å². The van der Waals surface area contributed by atoms with E-state index >= 15 is 0 Å². The van der Waals surface area contributed by atoms with E-state index in [1.54, 1.807) is 0 Å². The fourth-order valence-electron chi connectivity index (χ4n) is 0.864. The maximum absolute atomic E-state index is 8.56. The van der Waals surface area contributed by atoms with Crippen LogP contribution in [0.2, 0.25) is 0 Å². The van der Waals surface area contributed by atoms with Gasteiger partial charge in [-0.25, -0.2) is 4.98 Å². The van der Waals surface area contributed by atoms with Crippen LogP contribution >= 0.6 is 0 Å². The molecule has 1 rings (SSSR count). The van der Waals surface area contributed by atoms with Gasteiger partial charge in [-0.2, -0.15) is 10.2 Å². The van der Waals surface area contributed by atoms with Crippen molar-refractivity contribution in [3.05, 3.63) is 30.6 Å². The van der Waals surface area contributed by atoms with E-state index in [9.17, 15) is 0 Å². The Morgan fingerprint density at radius 2 is 2.50 bits per heavy atom. The highest BCUT2D eigenvalue weighted by Gasteiger charge is 1.98. The molecule has 0 fully saturated rings. The SMILES string of the molecule is C=CCCCOc1nccc(C#N)n1. The van der Waals surface area contributed by atoms with E-state index in [2.05, 4.69) is 16.5 Å². The lowest BCUT2D eigenvalue weighted by Gasteiger charge is -2.01. The predicted molar refractivity (Wildman–Crippen MR) is 51.7 cm³/mol. The third-order valence-electron chi connectivity index (χ3n) is 1.53. The van der Waals surface area contributed by atoms with Crippen LogP contribution in [0.3, 0.4) is 0 Å². The maximum Gasteiger partial charge on any atom is 0.317 e. The van der Waals surface area contributed by atoms with Crippen LogP contribution in [-0.4, -0.2) is 16.6 Å². The lowest BCUT2D eigenvalue weighted by atomic mass is 10.3. The third-order valence-corrected chi connectivity index (χ3v) is 1.53. The summed E-state index contributed by atoms with van der Waals surface area (Å²) >= 11 is 0. The summed E-state index contributed by atoms with van der Waals surface area (Å²) in [6.45, 7) is 4.15. The molecule has 14 heavy (non-hydrogen) atoms. The smallest absolute Gasteiger partial charge is 0.317 e. The summed E-state index contributed by atoms with van der Waals surface area (Å²) in [5.74, 6) is 0. The van der Waals surface area contributed by atoms with Gasteiger partial charge in [0.15, 0.2) is 0 Å². The van der Waals surface area contributed by atoms with Crippen molar-refractivity contribution in [2.45, 2.75) is 12.8 Å². The topological polar surface area (TPSA) is 58.8 Å². The fraction of sp³-hybridized carbons (Fsp3) is 0.300. The van der Waals surface area contributed by atoms with Gasteiger partial charge in [-0.15, -0.1) is 6.58 Å². The highest BCUT2D eigenvalue weighted by molar-refractivity contribution is 5.19. The number of allylic oxidation sites excluding steroid dienone is 1. The predicted octanol–water partition coefficient (Wildman–Crippen LogP) is 1.69. The number of aromatic nitrogens is 2. The van der Waals surface area contributed by atoms with Gasteiger partial charge < -0.3 is 4.74 Å². The Morgan fingerprint density at radius 3 is 3.21 bits per heavy atom. The molecule has 0 spiro atoms. The standard InChI is InChI=1S/C10H11N3O/c1-2-3-4-7-14-10-12-6-5-9(8-11)13-10/h2,5-6H,1,3-4,7H2. The molecule has 0 N–H and O–H groups in total. The summed E-state index contributed by atoms with van der Waals surface area (Å²) in [7, 11) is 0. The monoisotopic (exact) mass is 189 g/mol. The Kier molecular flexibility index (Phi) is 4.15. The summed E-state index contributed by atoms with van der Waals surface area (Å²) < 4.78 is 5.23. The van der Waals surface area contributed by atoms with Gasteiger partial charge in [-0.3, -0.25) is 0 Å². The number of nitriles is 1. The van der Waals surface area contributed by atoms with E-state index in [0.29, 0.717) is 12.3 Å². The molecule has 1 heterocycles. The number of rotatable bonds is 5. The van der Waals surface area contributed by atoms with Crippen LogP contribution in [-0.2, 0) is 0 Å². The molecule has 0 radical (unpaired) electrons. The molecular weight excluding hydrogens is 178 g/mol. The van der Waals surface area contributed by atoms with Crippen molar-refractivity contribution in [1.82, 2.24) is 9.97 Å². The highest BCUT2D eigenvalue weighted by atomic mass is 16.5. The van der Waals surface area contributed by atoms with Crippen molar-refractivity contribution < 1.29 is 4.74 Å². The Bertz CT molecular complexity index is 343. The van der Waals surface area contributed by atoms with Crippen molar-refractivity contribution in [2.24, 2.45) is 0 Å². The molecular formula is C10H11N3O. The van der Waals surface area contributed by atoms with Gasteiger partial charge in [0.1, 0.15) is 11.8 Å². The molecule has 0 aliphatic heterocycles. The minimum atomic E-state index is 0.258. The average molecular weight is 189 g/mol. The maximum atomic E-state index is 8.56. The first-order valence-electron chi connectivity index (χ1n) is 4.33. The van der Waals surface area contributed by atoms with E-state index < -0.39 is 0 Å². The second kappa shape index (κ2) is 5.70. The van der Waals surface area contributed by atoms with Crippen LogP contribution < -0.4 is 4.74 Å². The zero-order valence-electron chi connectivity index (χ0n) is 7.81. The van der Waals surface area contributed by atoms with Gasteiger partial charge in [0.05, 0.1) is 6.61 Å². The van der Waals surface area contributed by atoms with Gasteiger partial charge in [0.25, 0.3) is 0 Å². The molecule has 4 nitrogen and oxygen atoms in total. The van der Waals surface area contributed by atoms with Gasteiger partial charge in [-0.05, 0) is 18.9 Å². The molecule has 0 bridgehead atoms. The normalized spacial score (nSPS) is 9.07. The minimum Gasteiger partial charge on any atom is -0.463 e. The number of hydrogen-bond donors (Lipinski definition) is 0. The zero-order chi connectivity index (χ0) is 10.2. The molecule has 72 valence electrons. The fourth-order valence-corrected chi connectivity index (χ4v) is 0.864. The van der Waals surface area contributed by atoms with E-state index in [0.717, 1.165) is 12.8 Å². The Balaban J connectivity index is 2.43. The third kappa shape index (κ3) is 3.23. The zero-order valence-corrected chi connectivity index (χ0v) is 7.81. The van der Waals surface area contributed by atoms with Gasteiger partial charge in [0.2, 0.25) is 0 Å². The van der Waals surface area contributed by atoms with Gasteiger partial charge in [0, 0.05) is 6.20 Å². The summed E-state index contributed by atoms with van der Waals surface area (Å²) in [6, 6.07) is 3.72. The molecule has 0 aliphatic carbocycles. The molecule has 0 unspecified atom stereocenters. The summed E-state index contributed by atoms with van der Waals surface area (Å²) in [6.07, 6.45) is 5.12. The summed E-state index contributed by atoms with van der Waals surface area (Å²) in [5, 5.41) is 8.56. The molecule has 4 heteroatoms. The van der Waals surface area contributed by atoms with E-state index in [4.69, 9.17) is 10.00 Å². The molecule has 0 atom stereocenters. The van der Waals surface area contributed by atoms with Crippen molar-refractivity contribution in [3.8, 4) is 12.1 Å². The van der Waals surface area contributed by atoms with Crippen LogP contribution in [0.4, 0.5) is 0 Å². The Hall–Kier alpha value is -1.89. The average Bonchev–Trinajstić information content (AvgIpc) is 2.25. The minimum absolute atomic E-state index is 0.258. The van der Waals surface area contributed by atoms with Crippen LogP contribution in [0.5, 0.6) is 6.01 Å². The van der Waals surface area contributed by atoms with E-state index in [-0.39, 0.29) is 6.01 Å². The van der Waals surface area contributed by atoms with Crippen molar-refractivity contribution in [3.63, 3.8) is 0 Å². The van der Waals surface area contributed by atoms with Crippen LogP contribution in [0.1, 0.15) is 18.5 Å². The van der Waals surface area contributed by atoms with Crippen molar-refractivity contribution in [1.29, 1.82) is 5.26 Å². The summed E-state index contributed by atoms with van der Waals surface area (Å²) in [5.41, 5.74) is 0.318. The number of hydrogen-bond acceptors (Lipinski definition) is 4. The molecule has 0 amide bonds. The van der Waals surface area contributed by atoms with Gasteiger partial charge >= 0.3 is 6.01 Å². The molecule has 0 saturated heterocycles. The second-order valence-electron chi connectivity index (χ2n) is 2.62. The van der Waals surface area contributed by atoms with Crippen LogP contribution in [0.25, 0.3) is 0 Å². The largest absolute Gasteiger partial charge is 0.463 e. The lowest BCUT2D eigenvalue weighted by molar-refractivity contribution is 0.287. The molecule has 1 aromatic heterocycles. The number of nitrogens with zero attached hydrogens (tertiary/aromatic N) is 3. The first kappa shape index (κ1) is 10.2. The van der Waals surface area contributed by atoms with E-state index in [1.807, 2.05) is 12.1 Å². The molecule has 0 saturated carbocycles.